The van der Waals surface area contributed by atoms with E-state index in [9.17, 15) is 0 Å². The Morgan fingerprint density at radius 2 is 0.452 bits per heavy atom. The van der Waals surface area contributed by atoms with Crippen molar-refractivity contribution in [2.24, 2.45) is 0 Å². The Bertz CT molecular complexity index is 3760. The van der Waals surface area contributed by atoms with E-state index in [2.05, 4.69) is 273 Å². The zero-order valence-corrected chi connectivity index (χ0v) is 39.8. The van der Waals surface area contributed by atoms with Gasteiger partial charge in [-0.15, -0.1) is 0 Å². The molecule has 1 aromatic heterocycles. The highest BCUT2D eigenvalue weighted by Gasteiger charge is 2.49. The van der Waals surface area contributed by atoms with Crippen molar-refractivity contribution in [3.63, 3.8) is 0 Å². The van der Waals surface area contributed by atoms with Crippen LogP contribution in [0.5, 0.6) is 0 Å². The molecule has 2 aliphatic carbocycles. The number of benzene rings is 11. The first-order chi connectivity index (χ1) is 36.2. The maximum atomic E-state index is 5.54. The van der Waals surface area contributed by atoms with Gasteiger partial charge in [0.2, 0.25) is 0 Å². The fraction of sp³-hybridized carbons (Fsp3) is 0.0143. The zero-order chi connectivity index (χ0) is 48.3. The molecule has 0 N–H and O–H groups in total. The van der Waals surface area contributed by atoms with Gasteiger partial charge in [-0.2, -0.15) is 0 Å². The lowest BCUT2D eigenvalue weighted by Crippen LogP contribution is -2.29. The summed E-state index contributed by atoms with van der Waals surface area (Å²) in [6.45, 7) is 0. The number of hydrogen-bond donors (Lipinski definition) is 0. The van der Waals surface area contributed by atoms with Gasteiger partial charge in [0, 0.05) is 16.7 Å². The van der Waals surface area contributed by atoms with Crippen molar-refractivity contribution in [3.05, 3.63) is 295 Å². The first-order valence-electron chi connectivity index (χ1n) is 25.0. The van der Waals surface area contributed by atoms with Crippen LogP contribution in [0, 0.1) is 0 Å². The molecule has 0 saturated carbocycles. The molecule has 3 nitrogen and oxygen atoms in total. The summed E-state index contributed by atoms with van der Waals surface area (Å²) < 4.78 is 0. The van der Waals surface area contributed by atoms with E-state index in [1.54, 1.807) is 0 Å². The molecule has 0 radical (unpaired) electrons. The van der Waals surface area contributed by atoms with Crippen LogP contribution in [0.3, 0.4) is 0 Å². The van der Waals surface area contributed by atoms with Gasteiger partial charge < -0.3 is 0 Å². The van der Waals surface area contributed by atoms with Crippen molar-refractivity contribution in [1.29, 1.82) is 0 Å². The largest absolute Gasteiger partial charge is 0.208 e. The minimum absolute atomic E-state index is 0.594. The van der Waals surface area contributed by atoms with Crippen LogP contribution >= 0.6 is 0 Å². The topological polar surface area (TPSA) is 38.7 Å². The van der Waals surface area contributed by atoms with Crippen molar-refractivity contribution in [3.8, 4) is 112 Å². The fourth-order valence-electron chi connectivity index (χ4n) is 11.7. The molecule has 12 aromatic rings. The van der Waals surface area contributed by atoms with Crippen molar-refractivity contribution >= 4 is 0 Å². The van der Waals surface area contributed by atoms with Crippen LogP contribution in [0.2, 0.25) is 0 Å². The summed E-state index contributed by atoms with van der Waals surface area (Å²) in [6.07, 6.45) is 0. The zero-order valence-electron chi connectivity index (χ0n) is 39.8. The molecule has 0 bridgehead atoms. The number of fused-ring (bicyclic) bond motifs is 12. The quantitative estimate of drug-likeness (QED) is 0.160. The molecule has 11 aromatic carbocycles. The van der Waals surface area contributed by atoms with Crippen molar-refractivity contribution in [2.75, 3.05) is 0 Å². The first kappa shape index (κ1) is 42.3. The maximum absolute atomic E-state index is 5.54. The van der Waals surface area contributed by atoms with E-state index in [1.807, 2.05) is 0 Å². The third kappa shape index (κ3) is 7.08. The van der Waals surface area contributed by atoms with Crippen LogP contribution in [-0.2, 0) is 5.41 Å². The van der Waals surface area contributed by atoms with Gasteiger partial charge in [0.05, 0.1) is 5.41 Å². The standard InChI is InChI=1S/C70H45N3/c1-5-21-46(22-6-1)51-39-52(47-23-7-2-8-24-47)42-55(41-51)68-71-67(72-69(73-68)56-43-53(48-25-9-3-10-26-48)40-54(44-56)49-27-11-4-12-28-49)50-37-38-66-62(45-50)58-30-14-13-29-57(58)59-31-15-18-34-63(59)70(66)64-35-19-16-32-60(64)61-33-17-20-36-65(61)70/h1-45H. The summed E-state index contributed by atoms with van der Waals surface area (Å²) in [5, 5.41) is 0. The summed E-state index contributed by atoms with van der Waals surface area (Å²) in [6, 6.07) is 98.6. The third-order valence-corrected chi connectivity index (χ3v) is 14.9. The Kier molecular flexibility index (Phi) is 10.1. The van der Waals surface area contributed by atoms with Gasteiger partial charge >= 0.3 is 0 Å². The first-order valence-corrected chi connectivity index (χ1v) is 25.0. The van der Waals surface area contributed by atoms with E-state index in [0.29, 0.717) is 17.5 Å². The third-order valence-electron chi connectivity index (χ3n) is 14.9. The lowest BCUT2D eigenvalue weighted by molar-refractivity contribution is 0.775. The van der Waals surface area contributed by atoms with Crippen LogP contribution in [0.15, 0.2) is 273 Å². The Morgan fingerprint density at radius 1 is 0.178 bits per heavy atom. The van der Waals surface area contributed by atoms with E-state index in [-0.39, 0.29) is 0 Å². The number of nitrogens with zero attached hydrogens (tertiary/aromatic N) is 3. The fourth-order valence-corrected chi connectivity index (χ4v) is 11.7. The second-order valence-corrected chi connectivity index (χ2v) is 19.1. The van der Waals surface area contributed by atoms with E-state index in [4.69, 9.17) is 15.0 Å². The second kappa shape index (κ2) is 17.4. The van der Waals surface area contributed by atoms with E-state index >= 15 is 0 Å². The summed E-state index contributed by atoms with van der Waals surface area (Å²) in [5.74, 6) is 1.79. The highest BCUT2D eigenvalue weighted by atomic mass is 15.0. The minimum atomic E-state index is -0.594. The van der Waals surface area contributed by atoms with E-state index < -0.39 is 5.41 Å². The predicted octanol–water partition coefficient (Wildman–Crippen LogP) is 17.6. The molecule has 0 saturated heterocycles. The highest BCUT2D eigenvalue weighted by molar-refractivity contribution is 5.98. The van der Waals surface area contributed by atoms with Crippen LogP contribution < -0.4 is 0 Å². The van der Waals surface area contributed by atoms with Crippen LogP contribution in [-0.4, -0.2) is 15.0 Å². The molecule has 1 spiro atoms. The van der Waals surface area contributed by atoms with Crippen LogP contribution in [0.1, 0.15) is 22.3 Å². The minimum Gasteiger partial charge on any atom is -0.208 e. The monoisotopic (exact) mass is 927 g/mol. The Labute approximate surface area is 425 Å². The number of hydrogen-bond acceptors (Lipinski definition) is 3. The molecular formula is C70H45N3. The van der Waals surface area contributed by atoms with Gasteiger partial charge in [-0.1, -0.05) is 231 Å². The molecule has 0 unspecified atom stereocenters. The Morgan fingerprint density at radius 3 is 0.836 bits per heavy atom. The van der Waals surface area contributed by atoms with Gasteiger partial charge in [-0.05, 0) is 143 Å². The summed E-state index contributed by atoms with van der Waals surface area (Å²) in [7, 11) is 0. The average Bonchev–Trinajstić information content (AvgIpc) is 3.73. The van der Waals surface area contributed by atoms with E-state index in [0.717, 1.165) is 66.8 Å². The SMILES string of the molecule is c1ccc(-c2cc(-c3ccccc3)cc(-c3nc(-c4cc(-c5ccccc5)cc(-c5ccccc5)c4)nc(-c4ccc5c(c4)-c4ccccc4-c4ccccc4C54c5ccccc5-c5ccccc54)n3)c2)cc1. The van der Waals surface area contributed by atoms with Crippen LogP contribution in [0.4, 0.5) is 0 Å². The Hall–Kier alpha value is -9.57. The molecule has 0 atom stereocenters. The lowest BCUT2D eigenvalue weighted by atomic mass is 9.66. The molecule has 0 aliphatic heterocycles. The van der Waals surface area contributed by atoms with Crippen molar-refractivity contribution in [1.82, 2.24) is 15.0 Å². The van der Waals surface area contributed by atoms with Gasteiger partial charge in [0.25, 0.3) is 0 Å². The second-order valence-electron chi connectivity index (χ2n) is 19.1. The number of rotatable bonds is 7. The predicted molar refractivity (Wildman–Crippen MR) is 300 cm³/mol. The van der Waals surface area contributed by atoms with Crippen LogP contribution in [0.25, 0.3) is 112 Å². The van der Waals surface area contributed by atoms with Gasteiger partial charge in [0.1, 0.15) is 0 Å². The lowest BCUT2D eigenvalue weighted by Gasteiger charge is -2.35. The van der Waals surface area contributed by atoms with Gasteiger partial charge in [0.15, 0.2) is 17.5 Å². The molecule has 340 valence electrons. The summed E-state index contributed by atoms with van der Waals surface area (Å²) in [4.78, 5) is 16.6. The highest BCUT2D eigenvalue weighted by Crippen LogP contribution is 2.61. The molecule has 2 aliphatic rings. The molecule has 73 heavy (non-hydrogen) atoms. The molecule has 14 rings (SSSR count). The van der Waals surface area contributed by atoms with E-state index in [1.165, 1.54) is 50.1 Å². The normalized spacial score (nSPS) is 12.5. The number of aromatic nitrogens is 3. The van der Waals surface area contributed by atoms with Crippen molar-refractivity contribution in [2.45, 2.75) is 5.41 Å². The maximum Gasteiger partial charge on any atom is 0.164 e. The van der Waals surface area contributed by atoms with Gasteiger partial charge in [-0.25, -0.2) is 15.0 Å². The molecular weight excluding hydrogens is 883 g/mol. The molecule has 1 heterocycles. The average molecular weight is 928 g/mol. The van der Waals surface area contributed by atoms with Gasteiger partial charge in [-0.3, -0.25) is 0 Å². The summed E-state index contributed by atoms with van der Waals surface area (Å²) >= 11 is 0. The molecule has 3 heteroatoms. The summed E-state index contributed by atoms with van der Waals surface area (Å²) in [5.41, 5.74) is 23.3. The molecule has 0 amide bonds. The molecule has 0 fully saturated rings. The smallest absolute Gasteiger partial charge is 0.164 e. The Balaban J connectivity index is 1.05. The van der Waals surface area contributed by atoms with Crippen molar-refractivity contribution < 1.29 is 0 Å².